The molecule has 0 amide bonds. The molecule has 0 radical (unpaired) electrons. The van der Waals surface area contributed by atoms with Crippen molar-refractivity contribution in [1.29, 1.82) is 0 Å². The molecule has 3 aromatic rings. The minimum absolute atomic E-state index is 0.319. The lowest BCUT2D eigenvalue weighted by Gasteiger charge is -2.01. The molecule has 2 N–H and O–H groups in total. The second-order valence-corrected chi connectivity index (χ2v) is 4.44. The molecule has 96 valence electrons. The molecule has 0 atom stereocenters. The number of furan rings is 1. The third-order valence-corrected chi connectivity index (χ3v) is 3.07. The summed E-state index contributed by atoms with van der Waals surface area (Å²) in [6.07, 6.45) is 3.42. The van der Waals surface area contributed by atoms with E-state index < -0.39 is 0 Å². The zero-order valence-electron chi connectivity index (χ0n) is 10.2. The number of aryl methyl sites for hydroxylation is 1. The van der Waals surface area contributed by atoms with Gasteiger partial charge in [0.05, 0.1) is 5.56 Å². The van der Waals surface area contributed by atoms with Crippen molar-refractivity contribution in [3.8, 4) is 22.6 Å². The fourth-order valence-electron chi connectivity index (χ4n) is 1.95. The Bertz CT molecular complexity index is 718. The van der Waals surface area contributed by atoms with Gasteiger partial charge < -0.3 is 10.2 Å². The van der Waals surface area contributed by atoms with E-state index in [-0.39, 0.29) is 0 Å². The summed E-state index contributed by atoms with van der Waals surface area (Å²) in [7, 11) is 1.79. The Morgan fingerprint density at radius 3 is 2.58 bits per heavy atom. The molecule has 0 saturated carbocycles. The summed E-state index contributed by atoms with van der Waals surface area (Å²) in [6, 6.07) is 7.20. The van der Waals surface area contributed by atoms with Crippen molar-refractivity contribution >= 4 is 17.4 Å². The van der Waals surface area contributed by atoms with Crippen LogP contribution in [0.4, 0.5) is 5.82 Å². The number of halogens is 1. The van der Waals surface area contributed by atoms with Gasteiger partial charge in [0.15, 0.2) is 11.0 Å². The van der Waals surface area contributed by atoms with Gasteiger partial charge in [-0.25, -0.2) is 0 Å². The average Bonchev–Trinajstić information content (AvgIpc) is 2.96. The van der Waals surface area contributed by atoms with Gasteiger partial charge in [-0.15, -0.1) is 0 Å². The highest BCUT2D eigenvalue weighted by atomic mass is 35.5. The van der Waals surface area contributed by atoms with Crippen molar-refractivity contribution in [3.63, 3.8) is 0 Å². The van der Waals surface area contributed by atoms with E-state index in [1.807, 2.05) is 12.1 Å². The zero-order chi connectivity index (χ0) is 13.4. The van der Waals surface area contributed by atoms with Crippen molar-refractivity contribution < 1.29 is 4.42 Å². The lowest BCUT2D eigenvalue weighted by molar-refractivity contribution is 0.580. The summed E-state index contributed by atoms with van der Waals surface area (Å²) in [5, 5.41) is 4.71. The summed E-state index contributed by atoms with van der Waals surface area (Å²) >= 11 is 5.81. The fraction of sp³-hybridized carbons (Fsp3) is 0.0769. The Morgan fingerprint density at radius 2 is 1.95 bits per heavy atom. The van der Waals surface area contributed by atoms with Crippen molar-refractivity contribution in [1.82, 2.24) is 14.8 Å². The van der Waals surface area contributed by atoms with E-state index in [2.05, 4.69) is 10.1 Å². The second kappa shape index (κ2) is 4.44. The first-order chi connectivity index (χ1) is 9.16. The Labute approximate surface area is 114 Å². The van der Waals surface area contributed by atoms with E-state index in [0.717, 1.165) is 11.1 Å². The maximum absolute atomic E-state index is 6.08. The molecule has 0 spiro atoms. The number of aromatic nitrogens is 3. The molecule has 19 heavy (non-hydrogen) atoms. The van der Waals surface area contributed by atoms with E-state index in [1.54, 1.807) is 36.3 Å². The molecule has 0 unspecified atom stereocenters. The summed E-state index contributed by atoms with van der Waals surface area (Å²) in [6.45, 7) is 0. The number of hydrogen-bond acceptors (Lipinski definition) is 4. The van der Waals surface area contributed by atoms with E-state index in [9.17, 15) is 0 Å². The summed E-state index contributed by atoms with van der Waals surface area (Å²) < 4.78 is 7.03. The van der Waals surface area contributed by atoms with Crippen LogP contribution in [-0.4, -0.2) is 14.8 Å². The van der Waals surface area contributed by atoms with Gasteiger partial charge in [0.1, 0.15) is 11.5 Å². The van der Waals surface area contributed by atoms with Crippen LogP contribution < -0.4 is 5.73 Å². The van der Waals surface area contributed by atoms with Crippen molar-refractivity contribution in [3.05, 3.63) is 41.9 Å². The van der Waals surface area contributed by atoms with Gasteiger partial charge >= 0.3 is 0 Å². The zero-order valence-corrected chi connectivity index (χ0v) is 10.9. The predicted octanol–water partition coefficient (Wildman–Crippen LogP) is 2.98. The van der Waals surface area contributed by atoms with Gasteiger partial charge in [0.25, 0.3) is 0 Å². The van der Waals surface area contributed by atoms with Crippen molar-refractivity contribution in [2.45, 2.75) is 0 Å². The Kier molecular flexibility index (Phi) is 2.76. The van der Waals surface area contributed by atoms with Gasteiger partial charge in [-0.2, -0.15) is 5.10 Å². The topological polar surface area (TPSA) is 69.9 Å². The van der Waals surface area contributed by atoms with Crippen LogP contribution in [0.1, 0.15) is 0 Å². The molecular weight excluding hydrogens is 264 g/mol. The van der Waals surface area contributed by atoms with Crippen LogP contribution in [0.3, 0.4) is 0 Å². The highest BCUT2D eigenvalue weighted by molar-refractivity contribution is 6.29. The van der Waals surface area contributed by atoms with Crippen LogP contribution in [-0.2, 0) is 7.05 Å². The van der Waals surface area contributed by atoms with E-state index in [1.165, 1.54) is 0 Å². The van der Waals surface area contributed by atoms with Gasteiger partial charge in [-0.3, -0.25) is 9.67 Å². The third kappa shape index (κ3) is 1.98. The van der Waals surface area contributed by atoms with Crippen LogP contribution in [0.25, 0.3) is 22.6 Å². The Balaban J connectivity index is 2.24. The average molecular weight is 275 g/mol. The molecule has 0 bridgehead atoms. The summed E-state index contributed by atoms with van der Waals surface area (Å²) in [5.74, 6) is 1.15. The largest absolute Gasteiger partial charge is 0.443 e. The SMILES string of the molecule is Cn1nc(-c2ccc(Cl)o2)c(-c2ccncc2)c1N. The molecule has 5 nitrogen and oxygen atoms in total. The van der Waals surface area contributed by atoms with Crippen LogP contribution in [0.2, 0.25) is 5.22 Å². The number of hydrogen-bond donors (Lipinski definition) is 1. The highest BCUT2D eigenvalue weighted by Crippen LogP contribution is 2.36. The van der Waals surface area contributed by atoms with Gasteiger partial charge in [0.2, 0.25) is 0 Å². The molecule has 6 heteroatoms. The van der Waals surface area contributed by atoms with E-state index >= 15 is 0 Å². The first-order valence-corrected chi connectivity index (χ1v) is 6.03. The smallest absolute Gasteiger partial charge is 0.194 e. The van der Waals surface area contributed by atoms with Crippen LogP contribution in [0.5, 0.6) is 0 Å². The minimum atomic E-state index is 0.319. The van der Waals surface area contributed by atoms with Crippen LogP contribution >= 0.6 is 11.6 Å². The Hall–Kier alpha value is -2.27. The number of nitrogens with two attached hydrogens (primary N) is 1. The predicted molar refractivity (Wildman–Crippen MR) is 73.6 cm³/mol. The third-order valence-electron chi connectivity index (χ3n) is 2.87. The van der Waals surface area contributed by atoms with Gasteiger partial charge in [0, 0.05) is 19.4 Å². The maximum Gasteiger partial charge on any atom is 0.194 e. The quantitative estimate of drug-likeness (QED) is 0.780. The molecule has 0 aliphatic heterocycles. The maximum atomic E-state index is 6.08. The van der Waals surface area contributed by atoms with Gasteiger partial charge in [-0.05, 0) is 41.4 Å². The molecular formula is C13H11ClN4O. The lowest BCUT2D eigenvalue weighted by Crippen LogP contribution is -1.97. The Morgan fingerprint density at radius 1 is 1.21 bits per heavy atom. The monoisotopic (exact) mass is 274 g/mol. The molecule has 3 rings (SSSR count). The van der Waals surface area contributed by atoms with Crippen LogP contribution in [0.15, 0.2) is 41.1 Å². The number of nitrogen functional groups attached to an aromatic ring is 1. The molecule has 3 aromatic heterocycles. The molecule has 3 heterocycles. The fourth-order valence-corrected chi connectivity index (χ4v) is 2.10. The normalized spacial score (nSPS) is 10.8. The highest BCUT2D eigenvalue weighted by Gasteiger charge is 2.19. The molecule has 0 fully saturated rings. The number of pyridine rings is 1. The van der Waals surface area contributed by atoms with Crippen molar-refractivity contribution in [2.75, 3.05) is 5.73 Å². The molecule has 0 aliphatic rings. The minimum Gasteiger partial charge on any atom is -0.443 e. The van der Waals surface area contributed by atoms with Crippen LogP contribution in [0, 0.1) is 0 Å². The first-order valence-electron chi connectivity index (χ1n) is 5.65. The molecule has 0 saturated heterocycles. The standard InChI is InChI=1S/C13H11ClN4O/c1-18-13(15)11(8-4-6-16-7-5-8)12(17-18)9-2-3-10(14)19-9/h2-7H,15H2,1H3. The number of anilines is 1. The molecule has 0 aliphatic carbocycles. The van der Waals surface area contributed by atoms with E-state index in [4.69, 9.17) is 21.8 Å². The van der Waals surface area contributed by atoms with Crippen molar-refractivity contribution in [2.24, 2.45) is 7.05 Å². The summed E-state index contributed by atoms with van der Waals surface area (Å²) in [4.78, 5) is 4.00. The number of rotatable bonds is 2. The van der Waals surface area contributed by atoms with Gasteiger partial charge in [-0.1, -0.05) is 0 Å². The number of nitrogens with zero attached hydrogens (tertiary/aromatic N) is 3. The lowest BCUT2D eigenvalue weighted by atomic mass is 10.1. The van der Waals surface area contributed by atoms with E-state index in [0.29, 0.717) is 22.5 Å². The first kappa shape index (κ1) is 11.8. The second-order valence-electron chi connectivity index (χ2n) is 4.07. The summed E-state index contributed by atoms with van der Waals surface area (Å²) in [5.41, 5.74) is 8.50. The molecule has 0 aromatic carbocycles.